The molecule has 1 amide bonds. The van der Waals surface area contributed by atoms with Gasteiger partial charge in [0.25, 0.3) is 5.91 Å². The van der Waals surface area contributed by atoms with Gasteiger partial charge in [-0.3, -0.25) is 4.79 Å². The van der Waals surface area contributed by atoms with Crippen molar-refractivity contribution >= 4 is 29.0 Å². The molecule has 0 atom stereocenters. The van der Waals surface area contributed by atoms with Crippen LogP contribution in [-0.2, 0) is 0 Å². The fraction of sp³-hybridized carbons (Fsp3) is 0.368. The zero-order valence-corrected chi connectivity index (χ0v) is 15.0. The van der Waals surface area contributed by atoms with E-state index in [-0.39, 0.29) is 5.91 Å². The first-order chi connectivity index (χ1) is 12.2. The SMILES string of the molecule is COc1ccc(NC(=O)c2ccc(NC3CCCCC3)nc2)cc1Cl. The van der Waals surface area contributed by atoms with Crippen LogP contribution in [0.1, 0.15) is 42.5 Å². The van der Waals surface area contributed by atoms with E-state index in [1.807, 2.05) is 6.07 Å². The summed E-state index contributed by atoms with van der Waals surface area (Å²) in [5, 5.41) is 6.70. The Hall–Kier alpha value is -2.27. The second-order valence-electron chi connectivity index (χ2n) is 6.21. The van der Waals surface area contributed by atoms with Crippen molar-refractivity contribution in [3.05, 3.63) is 47.1 Å². The van der Waals surface area contributed by atoms with Crippen LogP contribution in [0.15, 0.2) is 36.5 Å². The molecule has 1 saturated carbocycles. The number of halogens is 1. The largest absolute Gasteiger partial charge is 0.495 e. The molecule has 5 nitrogen and oxygen atoms in total. The van der Waals surface area contributed by atoms with Gasteiger partial charge in [-0.05, 0) is 43.2 Å². The first-order valence-corrected chi connectivity index (χ1v) is 8.91. The van der Waals surface area contributed by atoms with Crippen LogP contribution >= 0.6 is 11.6 Å². The molecule has 0 unspecified atom stereocenters. The molecule has 0 saturated heterocycles. The number of nitrogens with one attached hydrogen (secondary N) is 2. The van der Waals surface area contributed by atoms with Crippen molar-refractivity contribution in [2.75, 3.05) is 17.7 Å². The van der Waals surface area contributed by atoms with Gasteiger partial charge in [0.2, 0.25) is 0 Å². The number of nitrogens with zero attached hydrogens (tertiary/aromatic N) is 1. The first kappa shape index (κ1) is 17.5. The van der Waals surface area contributed by atoms with E-state index in [4.69, 9.17) is 16.3 Å². The summed E-state index contributed by atoms with van der Waals surface area (Å²) in [6.07, 6.45) is 7.81. The van der Waals surface area contributed by atoms with Gasteiger partial charge in [-0.25, -0.2) is 4.98 Å². The van der Waals surface area contributed by atoms with Crippen LogP contribution in [0.4, 0.5) is 11.5 Å². The lowest BCUT2D eigenvalue weighted by Gasteiger charge is -2.23. The molecule has 1 fully saturated rings. The Morgan fingerprint density at radius 1 is 1.20 bits per heavy atom. The third-order valence-electron chi connectivity index (χ3n) is 4.39. The predicted molar refractivity (Wildman–Crippen MR) is 101 cm³/mol. The number of anilines is 2. The molecule has 3 rings (SSSR count). The Labute approximate surface area is 152 Å². The molecular weight excluding hydrogens is 338 g/mol. The lowest BCUT2D eigenvalue weighted by Crippen LogP contribution is -2.22. The van der Waals surface area contributed by atoms with E-state index < -0.39 is 0 Å². The fourth-order valence-corrected chi connectivity index (χ4v) is 3.27. The maximum atomic E-state index is 12.3. The Bertz CT molecular complexity index is 728. The molecular formula is C19H22ClN3O2. The quantitative estimate of drug-likeness (QED) is 0.809. The number of hydrogen-bond donors (Lipinski definition) is 2. The van der Waals surface area contributed by atoms with E-state index in [9.17, 15) is 4.79 Å². The van der Waals surface area contributed by atoms with Crippen molar-refractivity contribution in [2.45, 2.75) is 38.1 Å². The lowest BCUT2D eigenvalue weighted by atomic mass is 9.95. The Kier molecular flexibility index (Phi) is 5.76. The van der Waals surface area contributed by atoms with Crippen LogP contribution < -0.4 is 15.4 Å². The summed E-state index contributed by atoms with van der Waals surface area (Å²) in [5.74, 6) is 1.16. The van der Waals surface area contributed by atoms with Gasteiger partial charge in [0, 0.05) is 17.9 Å². The van der Waals surface area contributed by atoms with E-state index in [0.717, 1.165) is 5.82 Å². The number of aromatic nitrogens is 1. The van der Waals surface area contributed by atoms with Crippen LogP contribution in [-0.4, -0.2) is 24.0 Å². The lowest BCUT2D eigenvalue weighted by molar-refractivity contribution is 0.102. The normalized spacial score (nSPS) is 14.8. The van der Waals surface area contributed by atoms with Crippen molar-refractivity contribution in [3.63, 3.8) is 0 Å². The fourth-order valence-electron chi connectivity index (χ4n) is 3.02. The summed E-state index contributed by atoms with van der Waals surface area (Å²) >= 11 is 6.08. The van der Waals surface area contributed by atoms with Crippen molar-refractivity contribution in [3.8, 4) is 5.75 Å². The van der Waals surface area contributed by atoms with Gasteiger partial charge in [0.05, 0.1) is 17.7 Å². The van der Waals surface area contributed by atoms with Gasteiger partial charge in [-0.2, -0.15) is 0 Å². The zero-order chi connectivity index (χ0) is 17.6. The summed E-state index contributed by atoms with van der Waals surface area (Å²) in [6, 6.07) is 9.23. The maximum Gasteiger partial charge on any atom is 0.257 e. The van der Waals surface area contributed by atoms with E-state index in [0.29, 0.717) is 28.1 Å². The van der Waals surface area contributed by atoms with E-state index in [2.05, 4.69) is 15.6 Å². The Morgan fingerprint density at radius 2 is 2.00 bits per heavy atom. The number of carbonyl (C=O) groups excluding carboxylic acids is 1. The summed E-state index contributed by atoms with van der Waals surface area (Å²) in [4.78, 5) is 16.7. The number of amides is 1. The number of pyridine rings is 1. The first-order valence-electron chi connectivity index (χ1n) is 8.53. The summed E-state index contributed by atoms with van der Waals surface area (Å²) in [5.41, 5.74) is 1.11. The molecule has 1 aromatic carbocycles. The highest BCUT2D eigenvalue weighted by molar-refractivity contribution is 6.32. The molecule has 2 aromatic rings. The number of methoxy groups -OCH3 is 1. The maximum absolute atomic E-state index is 12.3. The van der Waals surface area contributed by atoms with Crippen molar-refractivity contribution in [2.24, 2.45) is 0 Å². The number of ether oxygens (including phenoxy) is 1. The molecule has 0 aliphatic heterocycles. The Morgan fingerprint density at radius 3 is 2.64 bits per heavy atom. The molecule has 1 aromatic heterocycles. The molecule has 1 heterocycles. The topological polar surface area (TPSA) is 63.2 Å². The monoisotopic (exact) mass is 359 g/mol. The molecule has 0 spiro atoms. The van der Waals surface area contributed by atoms with Crippen molar-refractivity contribution in [1.29, 1.82) is 0 Å². The number of carbonyl (C=O) groups is 1. The third-order valence-corrected chi connectivity index (χ3v) is 4.69. The minimum atomic E-state index is -0.224. The average Bonchev–Trinajstić information content (AvgIpc) is 2.63. The third kappa shape index (κ3) is 4.63. The minimum Gasteiger partial charge on any atom is -0.495 e. The average molecular weight is 360 g/mol. The van der Waals surface area contributed by atoms with Crippen molar-refractivity contribution in [1.82, 2.24) is 4.98 Å². The zero-order valence-electron chi connectivity index (χ0n) is 14.2. The van der Waals surface area contributed by atoms with Crippen LogP contribution in [0.5, 0.6) is 5.75 Å². The van der Waals surface area contributed by atoms with E-state index >= 15 is 0 Å². The number of rotatable bonds is 5. The second-order valence-corrected chi connectivity index (χ2v) is 6.62. The molecule has 132 valence electrons. The molecule has 0 bridgehead atoms. The van der Waals surface area contributed by atoms with Gasteiger partial charge in [-0.1, -0.05) is 30.9 Å². The predicted octanol–water partition coefficient (Wildman–Crippen LogP) is 4.74. The van der Waals surface area contributed by atoms with E-state index in [1.54, 1.807) is 37.6 Å². The van der Waals surface area contributed by atoms with Crippen LogP contribution in [0.2, 0.25) is 5.02 Å². The number of benzene rings is 1. The highest BCUT2D eigenvalue weighted by Crippen LogP contribution is 2.27. The summed E-state index contributed by atoms with van der Waals surface area (Å²) < 4.78 is 5.10. The van der Waals surface area contributed by atoms with Gasteiger partial charge in [0.15, 0.2) is 0 Å². The van der Waals surface area contributed by atoms with Crippen LogP contribution in [0.25, 0.3) is 0 Å². The van der Waals surface area contributed by atoms with Crippen LogP contribution in [0.3, 0.4) is 0 Å². The van der Waals surface area contributed by atoms with Gasteiger partial charge < -0.3 is 15.4 Å². The molecule has 2 N–H and O–H groups in total. The standard InChI is InChI=1S/C19H22ClN3O2/c1-25-17-9-8-15(11-16(17)20)23-19(24)13-7-10-18(21-12-13)22-14-5-3-2-4-6-14/h7-12,14H,2-6H2,1H3,(H,21,22)(H,23,24). The highest BCUT2D eigenvalue weighted by Gasteiger charge is 2.14. The summed E-state index contributed by atoms with van der Waals surface area (Å²) in [7, 11) is 1.55. The smallest absolute Gasteiger partial charge is 0.257 e. The van der Waals surface area contributed by atoms with Gasteiger partial charge in [-0.15, -0.1) is 0 Å². The molecule has 6 heteroatoms. The van der Waals surface area contributed by atoms with Crippen molar-refractivity contribution < 1.29 is 9.53 Å². The molecule has 1 aliphatic carbocycles. The van der Waals surface area contributed by atoms with Gasteiger partial charge in [0.1, 0.15) is 11.6 Å². The summed E-state index contributed by atoms with van der Waals surface area (Å²) in [6.45, 7) is 0. The molecule has 1 aliphatic rings. The second kappa shape index (κ2) is 8.21. The Balaban J connectivity index is 1.61. The van der Waals surface area contributed by atoms with Crippen LogP contribution in [0, 0.1) is 0 Å². The molecule has 0 radical (unpaired) electrons. The minimum absolute atomic E-state index is 0.224. The highest BCUT2D eigenvalue weighted by atomic mass is 35.5. The molecule has 25 heavy (non-hydrogen) atoms. The van der Waals surface area contributed by atoms with Gasteiger partial charge >= 0.3 is 0 Å². The number of hydrogen-bond acceptors (Lipinski definition) is 4. The van der Waals surface area contributed by atoms with E-state index in [1.165, 1.54) is 32.1 Å².